The molecule has 18 heavy (non-hydrogen) atoms. The van der Waals surface area contributed by atoms with E-state index in [1.165, 1.54) is 0 Å². The number of rotatable bonds is 2. The Kier molecular flexibility index (Phi) is 2.94. The molecule has 0 N–H and O–H groups in total. The molecule has 1 heterocycles. The lowest BCUT2D eigenvalue weighted by atomic mass is 10.2. The summed E-state index contributed by atoms with van der Waals surface area (Å²) in [7, 11) is 0. The number of hydrogen-bond donors (Lipinski definition) is 0. The first-order valence-corrected chi connectivity index (χ1v) is 6.28. The second-order valence-electron chi connectivity index (χ2n) is 3.75. The average Bonchev–Trinajstić information content (AvgIpc) is 2.43. The van der Waals surface area contributed by atoms with Crippen molar-refractivity contribution in [1.82, 2.24) is 10.2 Å². The highest BCUT2D eigenvalue weighted by molar-refractivity contribution is 9.10. The van der Waals surface area contributed by atoms with Crippen LogP contribution in [0.25, 0.3) is 10.9 Å². The van der Waals surface area contributed by atoms with Crippen molar-refractivity contribution < 1.29 is 4.74 Å². The molecule has 0 saturated carbocycles. The van der Waals surface area contributed by atoms with Crippen molar-refractivity contribution in [2.75, 3.05) is 0 Å². The molecule has 3 aromatic rings. The summed E-state index contributed by atoms with van der Waals surface area (Å²) in [6.45, 7) is 0. The second-order valence-corrected chi connectivity index (χ2v) is 4.50. The van der Waals surface area contributed by atoms with Crippen LogP contribution in [0, 0.1) is 0 Å². The van der Waals surface area contributed by atoms with Crippen LogP contribution in [0.15, 0.2) is 59.2 Å². The van der Waals surface area contributed by atoms with Gasteiger partial charge in [-0.05, 0) is 40.2 Å². The highest BCUT2D eigenvalue weighted by Crippen LogP contribution is 2.33. The van der Waals surface area contributed by atoms with E-state index in [4.69, 9.17) is 4.74 Å². The molecule has 0 unspecified atom stereocenters. The normalized spacial score (nSPS) is 10.5. The van der Waals surface area contributed by atoms with Crippen molar-refractivity contribution in [3.63, 3.8) is 0 Å². The van der Waals surface area contributed by atoms with Gasteiger partial charge in [0.1, 0.15) is 5.75 Å². The van der Waals surface area contributed by atoms with Crippen molar-refractivity contribution >= 4 is 26.8 Å². The van der Waals surface area contributed by atoms with Gasteiger partial charge in [-0.2, -0.15) is 0 Å². The smallest absolute Gasteiger partial charge is 0.171 e. The van der Waals surface area contributed by atoms with Gasteiger partial charge in [0.25, 0.3) is 0 Å². The third-order valence-corrected chi connectivity index (χ3v) is 3.06. The molecule has 0 fully saturated rings. The van der Waals surface area contributed by atoms with Crippen molar-refractivity contribution in [1.29, 1.82) is 0 Å². The zero-order chi connectivity index (χ0) is 12.4. The summed E-state index contributed by atoms with van der Waals surface area (Å²) in [5.41, 5.74) is 0.812. The molecule has 4 heteroatoms. The maximum Gasteiger partial charge on any atom is 0.171 e. The Bertz CT molecular complexity index is 686. The largest absolute Gasteiger partial charge is 0.454 e. The second kappa shape index (κ2) is 4.74. The SMILES string of the molecule is Brc1nnc2ccccc2c1Oc1ccccc1. The monoisotopic (exact) mass is 300 g/mol. The summed E-state index contributed by atoms with van der Waals surface area (Å²) < 4.78 is 6.47. The number of hydrogen-bond acceptors (Lipinski definition) is 3. The number of fused-ring (bicyclic) bond motifs is 1. The summed E-state index contributed by atoms with van der Waals surface area (Å²) in [5, 5.41) is 9.08. The molecule has 0 radical (unpaired) electrons. The fraction of sp³-hybridized carbons (Fsp3) is 0. The van der Waals surface area contributed by atoms with Gasteiger partial charge >= 0.3 is 0 Å². The summed E-state index contributed by atoms with van der Waals surface area (Å²) in [6, 6.07) is 17.4. The molecule has 0 bridgehead atoms. The topological polar surface area (TPSA) is 35.0 Å². The Labute approximate surface area is 113 Å². The van der Waals surface area contributed by atoms with Gasteiger partial charge in [0, 0.05) is 5.39 Å². The van der Waals surface area contributed by atoms with Gasteiger partial charge in [0.2, 0.25) is 0 Å². The Hall–Kier alpha value is -1.94. The van der Waals surface area contributed by atoms with Gasteiger partial charge in [0.15, 0.2) is 10.4 Å². The standard InChI is InChI=1S/C14H9BrN2O/c15-14-13(18-10-6-2-1-3-7-10)11-8-4-5-9-12(11)16-17-14/h1-9H. The first-order valence-electron chi connectivity index (χ1n) is 5.48. The molecule has 0 spiro atoms. The Morgan fingerprint density at radius 1 is 0.833 bits per heavy atom. The maximum absolute atomic E-state index is 5.87. The van der Waals surface area contributed by atoms with Crippen molar-refractivity contribution in [3.05, 3.63) is 59.2 Å². The third kappa shape index (κ3) is 2.07. The van der Waals surface area contributed by atoms with Gasteiger partial charge in [-0.15, -0.1) is 10.2 Å². The number of benzene rings is 2. The predicted octanol–water partition coefficient (Wildman–Crippen LogP) is 4.18. The fourth-order valence-electron chi connectivity index (χ4n) is 1.71. The van der Waals surface area contributed by atoms with Crippen LogP contribution >= 0.6 is 15.9 Å². The predicted molar refractivity (Wildman–Crippen MR) is 73.8 cm³/mol. The van der Waals surface area contributed by atoms with E-state index in [9.17, 15) is 0 Å². The lowest BCUT2D eigenvalue weighted by Gasteiger charge is -2.09. The van der Waals surface area contributed by atoms with Crippen LogP contribution in [-0.2, 0) is 0 Å². The van der Waals surface area contributed by atoms with E-state index < -0.39 is 0 Å². The molecule has 2 aromatic carbocycles. The summed E-state index contributed by atoms with van der Waals surface area (Å²) in [4.78, 5) is 0. The lowest BCUT2D eigenvalue weighted by Crippen LogP contribution is -1.92. The summed E-state index contributed by atoms with van der Waals surface area (Å²) in [5.74, 6) is 1.46. The van der Waals surface area contributed by atoms with Gasteiger partial charge in [0.05, 0.1) is 5.52 Å². The van der Waals surface area contributed by atoms with Crippen molar-refractivity contribution in [2.45, 2.75) is 0 Å². The molecule has 0 aliphatic rings. The van der Waals surface area contributed by atoms with Crippen LogP contribution in [0.5, 0.6) is 11.5 Å². The lowest BCUT2D eigenvalue weighted by molar-refractivity contribution is 0.481. The zero-order valence-electron chi connectivity index (χ0n) is 9.38. The minimum Gasteiger partial charge on any atom is -0.454 e. The summed E-state index contributed by atoms with van der Waals surface area (Å²) >= 11 is 3.38. The average molecular weight is 301 g/mol. The minimum absolute atomic E-state index is 0.602. The molecule has 0 aliphatic carbocycles. The van der Waals surface area contributed by atoms with E-state index in [1.807, 2.05) is 54.6 Å². The molecule has 0 aliphatic heterocycles. The maximum atomic E-state index is 5.87. The van der Waals surface area contributed by atoms with Crippen LogP contribution in [0.4, 0.5) is 0 Å². The van der Waals surface area contributed by atoms with Gasteiger partial charge < -0.3 is 4.74 Å². The van der Waals surface area contributed by atoms with Crippen molar-refractivity contribution in [3.8, 4) is 11.5 Å². The van der Waals surface area contributed by atoms with Gasteiger partial charge in [-0.25, -0.2) is 0 Å². The molecule has 1 aromatic heterocycles. The number of halogens is 1. The quantitative estimate of drug-likeness (QED) is 0.712. The molecule has 3 nitrogen and oxygen atoms in total. The van der Waals surface area contributed by atoms with Gasteiger partial charge in [-0.1, -0.05) is 30.3 Å². The van der Waals surface area contributed by atoms with Crippen LogP contribution < -0.4 is 4.74 Å². The number of para-hydroxylation sites is 1. The number of nitrogens with zero attached hydrogens (tertiary/aromatic N) is 2. The van der Waals surface area contributed by atoms with Crippen LogP contribution in [0.3, 0.4) is 0 Å². The molecule has 3 rings (SSSR count). The highest BCUT2D eigenvalue weighted by Gasteiger charge is 2.10. The number of aromatic nitrogens is 2. The zero-order valence-corrected chi connectivity index (χ0v) is 11.0. The molecule has 88 valence electrons. The van der Waals surface area contributed by atoms with Crippen LogP contribution in [0.2, 0.25) is 0 Å². The number of ether oxygens (including phenoxy) is 1. The third-order valence-electron chi connectivity index (χ3n) is 2.54. The van der Waals surface area contributed by atoms with E-state index in [2.05, 4.69) is 26.1 Å². The Morgan fingerprint density at radius 3 is 2.39 bits per heavy atom. The first-order chi connectivity index (χ1) is 8.84. The van der Waals surface area contributed by atoms with E-state index in [0.717, 1.165) is 16.7 Å². The summed E-state index contributed by atoms with van der Waals surface area (Å²) in [6.07, 6.45) is 0. The van der Waals surface area contributed by atoms with Gasteiger partial charge in [-0.3, -0.25) is 0 Å². The van der Waals surface area contributed by atoms with E-state index in [-0.39, 0.29) is 0 Å². The highest BCUT2D eigenvalue weighted by atomic mass is 79.9. The van der Waals surface area contributed by atoms with Crippen LogP contribution in [-0.4, -0.2) is 10.2 Å². The first kappa shape index (κ1) is 11.2. The van der Waals surface area contributed by atoms with E-state index in [0.29, 0.717) is 10.4 Å². The molecular formula is C14H9BrN2O. The molecule has 0 amide bonds. The van der Waals surface area contributed by atoms with Crippen molar-refractivity contribution in [2.24, 2.45) is 0 Å². The molecule has 0 saturated heterocycles. The molecular weight excluding hydrogens is 292 g/mol. The minimum atomic E-state index is 0.602. The fourth-order valence-corrected chi connectivity index (χ4v) is 2.08. The van der Waals surface area contributed by atoms with E-state index >= 15 is 0 Å². The Morgan fingerprint density at radius 2 is 1.56 bits per heavy atom. The Balaban J connectivity index is 2.13. The van der Waals surface area contributed by atoms with Crippen LogP contribution in [0.1, 0.15) is 0 Å². The van der Waals surface area contributed by atoms with E-state index in [1.54, 1.807) is 0 Å². The molecule has 0 atom stereocenters.